The average Bonchev–Trinajstić information content (AvgIpc) is 3.03. The molecular weight excluding hydrogens is 328 g/mol. The van der Waals surface area contributed by atoms with Crippen LogP contribution in [-0.4, -0.2) is 45.0 Å². The van der Waals surface area contributed by atoms with Crippen molar-refractivity contribution in [2.24, 2.45) is 0 Å². The van der Waals surface area contributed by atoms with Crippen LogP contribution in [0.2, 0.25) is 0 Å². The Morgan fingerprint density at radius 3 is 2.64 bits per heavy atom. The number of carboxylic acid groups (broad SMARTS) is 1. The maximum Gasteiger partial charge on any atom is 0.321 e. The fraction of sp³-hybridized carbons (Fsp3) is 0.417. The Kier molecular flexibility index (Phi) is 4.63. The Labute approximate surface area is 131 Å². The van der Waals surface area contributed by atoms with Gasteiger partial charge in [-0.2, -0.15) is 9.40 Å². The lowest BCUT2D eigenvalue weighted by molar-refractivity contribution is -0.141. The number of hydrogen-bond donors (Lipinski definition) is 2. The number of hydrogen-bond acceptors (Lipinski definition) is 6. The van der Waals surface area contributed by atoms with Crippen LogP contribution in [0.5, 0.6) is 0 Å². The van der Waals surface area contributed by atoms with Crippen molar-refractivity contribution in [3.63, 3.8) is 0 Å². The lowest BCUT2D eigenvalue weighted by atomic mass is 10.3. The topological polar surface area (TPSA) is 116 Å². The molecule has 1 atom stereocenters. The zero-order chi connectivity index (χ0) is 16.5. The smallest absolute Gasteiger partial charge is 0.321 e. The highest BCUT2D eigenvalue weighted by atomic mass is 32.2. The van der Waals surface area contributed by atoms with Crippen molar-refractivity contribution in [3.8, 4) is 0 Å². The molecule has 2 N–H and O–H groups in total. The number of aromatic amines is 1. The molecule has 22 heavy (non-hydrogen) atoms. The number of nitrogens with one attached hydrogen (secondary N) is 1. The SMILES string of the molecule is Cc1nc(CN([C@H](C)C(=O)O)S(=O)(=O)c2cn[nH]c2C)cs1. The molecule has 0 aliphatic heterocycles. The van der Waals surface area contributed by atoms with Crippen molar-refractivity contribution >= 4 is 27.3 Å². The van der Waals surface area contributed by atoms with E-state index >= 15 is 0 Å². The van der Waals surface area contributed by atoms with Crippen LogP contribution in [0.15, 0.2) is 16.5 Å². The van der Waals surface area contributed by atoms with Crippen LogP contribution >= 0.6 is 11.3 Å². The molecule has 2 heterocycles. The Morgan fingerprint density at radius 2 is 2.18 bits per heavy atom. The molecule has 0 radical (unpaired) electrons. The van der Waals surface area contributed by atoms with Gasteiger partial charge in [-0.05, 0) is 20.8 Å². The third kappa shape index (κ3) is 3.18. The van der Waals surface area contributed by atoms with Gasteiger partial charge in [0.2, 0.25) is 10.0 Å². The number of aryl methyl sites for hydroxylation is 2. The first-order valence-corrected chi connectivity index (χ1v) is 8.71. The predicted octanol–water partition coefficient (Wildman–Crippen LogP) is 1.15. The Morgan fingerprint density at radius 1 is 1.50 bits per heavy atom. The van der Waals surface area contributed by atoms with E-state index in [0.29, 0.717) is 11.4 Å². The van der Waals surface area contributed by atoms with Gasteiger partial charge in [-0.15, -0.1) is 11.3 Å². The highest BCUT2D eigenvalue weighted by Gasteiger charge is 2.35. The number of nitrogens with zero attached hydrogens (tertiary/aromatic N) is 3. The molecule has 8 nitrogen and oxygen atoms in total. The molecule has 2 aromatic rings. The molecule has 0 amide bonds. The zero-order valence-electron chi connectivity index (χ0n) is 12.3. The van der Waals surface area contributed by atoms with Gasteiger partial charge in [0.15, 0.2) is 0 Å². The average molecular weight is 344 g/mol. The van der Waals surface area contributed by atoms with E-state index in [9.17, 15) is 18.3 Å². The molecular formula is C12H16N4O4S2. The zero-order valence-corrected chi connectivity index (χ0v) is 13.9. The quantitative estimate of drug-likeness (QED) is 0.812. The molecule has 0 fully saturated rings. The summed E-state index contributed by atoms with van der Waals surface area (Å²) in [5.41, 5.74) is 0.873. The molecule has 0 aromatic carbocycles. The molecule has 0 unspecified atom stereocenters. The maximum absolute atomic E-state index is 12.7. The van der Waals surface area contributed by atoms with E-state index in [4.69, 9.17) is 0 Å². The van der Waals surface area contributed by atoms with Gasteiger partial charge in [0, 0.05) is 5.38 Å². The van der Waals surface area contributed by atoms with E-state index in [1.165, 1.54) is 24.5 Å². The van der Waals surface area contributed by atoms with Gasteiger partial charge in [0.25, 0.3) is 0 Å². The molecule has 120 valence electrons. The number of rotatable bonds is 6. The third-order valence-electron chi connectivity index (χ3n) is 3.14. The second-order valence-corrected chi connectivity index (χ2v) is 7.70. The van der Waals surface area contributed by atoms with E-state index in [1.54, 1.807) is 19.2 Å². The summed E-state index contributed by atoms with van der Waals surface area (Å²) in [4.78, 5) is 15.5. The number of carboxylic acids is 1. The number of aromatic nitrogens is 3. The molecule has 0 bridgehead atoms. The molecule has 0 aliphatic carbocycles. The minimum atomic E-state index is -4.00. The molecule has 0 saturated heterocycles. The number of H-pyrrole nitrogens is 1. The molecule has 0 spiro atoms. The Bertz CT molecular complexity index is 781. The number of aliphatic carboxylic acids is 1. The van der Waals surface area contributed by atoms with Gasteiger partial charge in [0.1, 0.15) is 10.9 Å². The van der Waals surface area contributed by atoms with Gasteiger partial charge in [-0.3, -0.25) is 9.89 Å². The largest absolute Gasteiger partial charge is 0.480 e. The lowest BCUT2D eigenvalue weighted by Gasteiger charge is -2.24. The number of sulfonamides is 1. The highest BCUT2D eigenvalue weighted by molar-refractivity contribution is 7.89. The van der Waals surface area contributed by atoms with Crippen molar-refractivity contribution in [2.75, 3.05) is 0 Å². The first-order valence-electron chi connectivity index (χ1n) is 6.39. The fourth-order valence-electron chi connectivity index (χ4n) is 1.92. The van der Waals surface area contributed by atoms with Gasteiger partial charge >= 0.3 is 5.97 Å². The Hall–Kier alpha value is -1.78. The minimum absolute atomic E-state index is 0.0347. The van der Waals surface area contributed by atoms with Crippen molar-refractivity contribution in [1.29, 1.82) is 0 Å². The van der Waals surface area contributed by atoms with Gasteiger partial charge < -0.3 is 5.11 Å². The summed E-state index contributed by atoms with van der Waals surface area (Å²) in [6, 6.07) is -1.22. The summed E-state index contributed by atoms with van der Waals surface area (Å²) in [6.07, 6.45) is 1.18. The second kappa shape index (κ2) is 6.15. The summed E-state index contributed by atoms with van der Waals surface area (Å²) < 4.78 is 26.4. The number of thiazole rings is 1. The highest BCUT2D eigenvalue weighted by Crippen LogP contribution is 2.23. The van der Waals surface area contributed by atoms with Crippen molar-refractivity contribution in [1.82, 2.24) is 19.5 Å². The molecule has 2 rings (SSSR count). The van der Waals surface area contributed by atoms with Crippen molar-refractivity contribution < 1.29 is 18.3 Å². The Balaban J connectivity index is 2.44. The maximum atomic E-state index is 12.7. The summed E-state index contributed by atoms with van der Waals surface area (Å²) in [5.74, 6) is -1.23. The molecule has 10 heteroatoms. The summed E-state index contributed by atoms with van der Waals surface area (Å²) in [6.45, 7) is 4.59. The van der Waals surface area contributed by atoms with Crippen LogP contribution in [0, 0.1) is 13.8 Å². The molecule has 2 aromatic heterocycles. The first kappa shape index (κ1) is 16.6. The molecule has 0 saturated carbocycles. The fourth-order valence-corrected chi connectivity index (χ4v) is 4.20. The van der Waals surface area contributed by atoms with E-state index in [2.05, 4.69) is 15.2 Å². The number of carbonyl (C=O) groups is 1. The summed E-state index contributed by atoms with van der Waals surface area (Å²) >= 11 is 1.38. The van der Waals surface area contributed by atoms with Gasteiger partial charge in [-0.1, -0.05) is 0 Å². The van der Waals surface area contributed by atoms with Gasteiger partial charge in [-0.25, -0.2) is 13.4 Å². The predicted molar refractivity (Wildman–Crippen MR) is 80.0 cm³/mol. The molecule has 0 aliphatic rings. The van der Waals surface area contributed by atoms with Gasteiger partial charge in [0.05, 0.1) is 29.1 Å². The second-order valence-electron chi connectivity index (χ2n) is 4.78. The van der Waals surface area contributed by atoms with E-state index in [0.717, 1.165) is 9.31 Å². The van der Waals surface area contributed by atoms with Crippen LogP contribution in [-0.2, 0) is 21.4 Å². The van der Waals surface area contributed by atoms with Crippen LogP contribution in [0.25, 0.3) is 0 Å². The summed E-state index contributed by atoms with van der Waals surface area (Å²) in [5, 5.41) is 18.0. The first-order chi connectivity index (χ1) is 10.2. The third-order valence-corrected chi connectivity index (χ3v) is 6.00. The van der Waals surface area contributed by atoms with Crippen LogP contribution < -0.4 is 0 Å². The van der Waals surface area contributed by atoms with E-state index in [1.807, 2.05) is 0 Å². The van der Waals surface area contributed by atoms with E-state index in [-0.39, 0.29) is 11.4 Å². The summed E-state index contributed by atoms with van der Waals surface area (Å²) in [7, 11) is -4.00. The van der Waals surface area contributed by atoms with Crippen LogP contribution in [0.1, 0.15) is 23.3 Å². The van der Waals surface area contributed by atoms with Crippen molar-refractivity contribution in [3.05, 3.63) is 28.0 Å². The lowest BCUT2D eigenvalue weighted by Crippen LogP contribution is -2.42. The van der Waals surface area contributed by atoms with E-state index < -0.39 is 22.0 Å². The monoisotopic (exact) mass is 344 g/mol. The van der Waals surface area contributed by atoms with Crippen LogP contribution in [0.3, 0.4) is 0 Å². The standard InChI is InChI=1S/C12H16N4O4S2/c1-7-11(4-13-15-7)22(19,20)16(8(2)12(17)18)5-10-6-21-9(3)14-10/h4,6,8H,5H2,1-3H3,(H,13,15)(H,17,18)/t8-/m1/s1. The minimum Gasteiger partial charge on any atom is -0.480 e. The normalized spacial score (nSPS) is 13.5. The van der Waals surface area contributed by atoms with Crippen LogP contribution in [0.4, 0.5) is 0 Å². The van der Waals surface area contributed by atoms with Crippen molar-refractivity contribution in [2.45, 2.75) is 38.3 Å².